The Kier molecular flexibility index (Phi) is 7.18. The molecule has 0 rings (SSSR count). The summed E-state index contributed by atoms with van der Waals surface area (Å²) in [5.74, 6) is 0. The van der Waals surface area contributed by atoms with E-state index in [2.05, 4.69) is 32.0 Å². The predicted molar refractivity (Wildman–Crippen MR) is 54.9 cm³/mol. The van der Waals surface area contributed by atoms with E-state index in [0.29, 0.717) is 0 Å². The summed E-state index contributed by atoms with van der Waals surface area (Å²) in [5.41, 5.74) is 0. The minimum Gasteiger partial charge on any atom is -0.250 e. The lowest BCUT2D eigenvalue weighted by molar-refractivity contribution is 0.465. The molecule has 0 unspecified atom stereocenters. The summed E-state index contributed by atoms with van der Waals surface area (Å²) in [4.78, 5) is 0. The highest BCUT2D eigenvalue weighted by Gasteiger charge is 2.04. The molecule has 0 N–H and O–H groups in total. The van der Waals surface area contributed by atoms with Crippen molar-refractivity contribution in [3.05, 3.63) is 0 Å². The summed E-state index contributed by atoms with van der Waals surface area (Å²) in [5, 5.41) is 0.730. The Hall–Kier alpha value is 0.310. The molecule has 1 nitrogen and oxygen atoms in total. The molecule has 2 heteroatoms. The van der Waals surface area contributed by atoms with Gasteiger partial charge in [-0.15, -0.1) is 0 Å². The van der Waals surface area contributed by atoms with E-state index >= 15 is 0 Å². The molecule has 0 saturated heterocycles. The van der Waals surface area contributed by atoms with Gasteiger partial charge in [0.2, 0.25) is 0 Å². The van der Waals surface area contributed by atoms with Gasteiger partial charge in [0, 0.05) is 18.3 Å². The van der Waals surface area contributed by atoms with Crippen LogP contribution in [0.1, 0.15) is 40.5 Å². The van der Waals surface area contributed by atoms with Gasteiger partial charge >= 0.3 is 0 Å². The minimum absolute atomic E-state index is 0.730. The topological polar surface area (TPSA) is 3.24 Å². The quantitative estimate of drug-likeness (QED) is 0.570. The van der Waals surface area contributed by atoms with Crippen LogP contribution in [0, 0.1) is 0 Å². The third kappa shape index (κ3) is 6.70. The van der Waals surface area contributed by atoms with E-state index < -0.39 is 0 Å². The van der Waals surface area contributed by atoms with Crippen LogP contribution in [-0.4, -0.2) is 22.6 Å². The molecule has 0 heterocycles. The van der Waals surface area contributed by atoms with E-state index in [-0.39, 0.29) is 0 Å². The second-order valence-corrected chi connectivity index (χ2v) is 4.75. The van der Waals surface area contributed by atoms with E-state index in [1.807, 2.05) is 11.9 Å². The van der Waals surface area contributed by atoms with Crippen LogP contribution in [0.25, 0.3) is 0 Å². The highest BCUT2D eigenvalue weighted by Crippen LogP contribution is 2.16. The Balaban J connectivity index is 3.50. The SMILES string of the molecule is CCCN(CCC)SC(C)C. The Morgan fingerprint density at radius 1 is 1.09 bits per heavy atom. The Labute approximate surface area is 75.7 Å². The number of hydrogen-bond acceptors (Lipinski definition) is 2. The van der Waals surface area contributed by atoms with Gasteiger partial charge in [-0.1, -0.05) is 39.6 Å². The number of nitrogens with zero attached hydrogens (tertiary/aromatic N) is 1. The van der Waals surface area contributed by atoms with Gasteiger partial charge in [0.15, 0.2) is 0 Å². The first-order chi connectivity index (χ1) is 5.20. The molecule has 0 saturated carbocycles. The molecular weight excluding hydrogens is 154 g/mol. The summed E-state index contributed by atoms with van der Waals surface area (Å²) in [6.45, 7) is 11.5. The van der Waals surface area contributed by atoms with Gasteiger partial charge in [0.1, 0.15) is 0 Å². The van der Waals surface area contributed by atoms with Crippen LogP contribution < -0.4 is 0 Å². The zero-order valence-corrected chi connectivity index (χ0v) is 9.08. The molecule has 68 valence electrons. The largest absolute Gasteiger partial charge is 0.250 e. The molecule has 0 radical (unpaired) electrons. The third-order valence-electron chi connectivity index (χ3n) is 1.31. The van der Waals surface area contributed by atoms with Crippen molar-refractivity contribution in [2.24, 2.45) is 0 Å². The van der Waals surface area contributed by atoms with Crippen molar-refractivity contribution in [3.63, 3.8) is 0 Å². The second kappa shape index (κ2) is 6.99. The smallest absolute Gasteiger partial charge is 0.0138 e. The average molecular weight is 175 g/mol. The van der Waals surface area contributed by atoms with Gasteiger partial charge in [-0.25, -0.2) is 0 Å². The third-order valence-corrected chi connectivity index (χ3v) is 2.39. The van der Waals surface area contributed by atoms with Crippen molar-refractivity contribution >= 4 is 11.9 Å². The predicted octanol–water partition coefficient (Wildman–Crippen LogP) is 3.17. The molecule has 0 aromatic heterocycles. The lowest BCUT2D eigenvalue weighted by Gasteiger charge is -2.21. The van der Waals surface area contributed by atoms with E-state index in [0.717, 1.165) is 5.25 Å². The lowest BCUT2D eigenvalue weighted by atomic mass is 10.4. The van der Waals surface area contributed by atoms with Crippen LogP contribution in [0.5, 0.6) is 0 Å². The zero-order chi connectivity index (χ0) is 8.69. The lowest BCUT2D eigenvalue weighted by Crippen LogP contribution is -2.19. The number of rotatable bonds is 6. The van der Waals surface area contributed by atoms with Crippen LogP contribution in [0.4, 0.5) is 0 Å². The first-order valence-electron chi connectivity index (χ1n) is 4.62. The standard InChI is InChI=1S/C9H21NS/c1-5-7-10(8-6-2)11-9(3)4/h9H,5-8H2,1-4H3. The van der Waals surface area contributed by atoms with Gasteiger partial charge in [0.25, 0.3) is 0 Å². The molecule has 0 aromatic rings. The monoisotopic (exact) mass is 175 g/mol. The first-order valence-corrected chi connectivity index (χ1v) is 5.46. The molecule has 0 atom stereocenters. The molecular formula is C9H21NS. The van der Waals surface area contributed by atoms with E-state index in [1.54, 1.807) is 0 Å². The van der Waals surface area contributed by atoms with Crippen molar-refractivity contribution in [1.82, 2.24) is 4.31 Å². The minimum atomic E-state index is 0.730. The Morgan fingerprint density at radius 3 is 1.82 bits per heavy atom. The van der Waals surface area contributed by atoms with E-state index in [9.17, 15) is 0 Å². The molecule has 0 aliphatic carbocycles. The van der Waals surface area contributed by atoms with E-state index in [4.69, 9.17) is 0 Å². The first kappa shape index (κ1) is 11.3. The highest BCUT2D eigenvalue weighted by atomic mass is 32.2. The van der Waals surface area contributed by atoms with Crippen LogP contribution in [-0.2, 0) is 0 Å². The second-order valence-electron chi connectivity index (χ2n) is 3.08. The van der Waals surface area contributed by atoms with Gasteiger partial charge in [0.05, 0.1) is 0 Å². The molecule has 0 aliphatic rings. The van der Waals surface area contributed by atoms with Gasteiger partial charge in [-0.05, 0) is 12.8 Å². The van der Waals surface area contributed by atoms with Crippen LogP contribution in [0.3, 0.4) is 0 Å². The van der Waals surface area contributed by atoms with Crippen molar-refractivity contribution in [2.45, 2.75) is 45.8 Å². The van der Waals surface area contributed by atoms with Crippen molar-refractivity contribution in [3.8, 4) is 0 Å². The highest BCUT2D eigenvalue weighted by molar-refractivity contribution is 7.97. The molecule has 0 fully saturated rings. The van der Waals surface area contributed by atoms with Crippen molar-refractivity contribution in [2.75, 3.05) is 13.1 Å². The number of hydrogen-bond donors (Lipinski definition) is 0. The fourth-order valence-electron chi connectivity index (χ4n) is 1.01. The van der Waals surface area contributed by atoms with Gasteiger partial charge in [-0.3, -0.25) is 4.31 Å². The maximum atomic E-state index is 2.48. The molecule has 0 aromatic carbocycles. The summed E-state index contributed by atoms with van der Waals surface area (Å²) in [6, 6.07) is 0. The summed E-state index contributed by atoms with van der Waals surface area (Å²) >= 11 is 1.98. The zero-order valence-electron chi connectivity index (χ0n) is 8.26. The van der Waals surface area contributed by atoms with Crippen molar-refractivity contribution in [1.29, 1.82) is 0 Å². The summed E-state index contributed by atoms with van der Waals surface area (Å²) < 4.78 is 2.48. The Bertz CT molecular complexity index is 77.6. The van der Waals surface area contributed by atoms with Gasteiger partial charge < -0.3 is 0 Å². The van der Waals surface area contributed by atoms with Crippen LogP contribution >= 0.6 is 11.9 Å². The fraction of sp³-hybridized carbons (Fsp3) is 1.00. The summed E-state index contributed by atoms with van der Waals surface area (Å²) in [6.07, 6.45) is 2.53. The normalized spacial score (nSPS) is 11.5. The van der Waals surface area contributed by atoms with E-state index in [1.165, 1.54) is 25.9 Å². The Morgan fingerprint density at radius 2 is 1.55 bits per heavy atom. The van der Waals surface area contributed by atoms with Crippen LogP contribution in [0.2, 0.25) is 0 Å². The molecule has 0 bridgehead atoms. The maximum absolute atomic E-state index is 2.48. The summed E-state index contributed by atoms with van der Waals surface area (Å²) in [7, 11) is 0. The molecule has 11 heavy (non-hydrogen) atoms. The molecule has 0 spiro atoms. The van der Waals surface area contributed by atoms with Crippen molar-refractivity contribution < 1.29 is 0 Å². The fourth-order valence-corrected chi connectivity index (χ4v) is 2.19. The molecule has 0 aliphatic heterocycles. The average Bonchev–Trinajstić information content (AvgIpc) is 1.87. The van der Waals surface area contributed by atoms with Crippen LogP contribution in [0.15, 0.2) is 0 Å². The maximum Gasteiger partial charge on any atom is 0.0138 e. The van der Waals surface area contributed by atoms with Gasteiger partial charge in [-0.2, -0.15) is 0 Å². The molecule has 0 amide bonds.